The summed E-state index contributed by atoms with van der Waals surface area (Å²) >= 11 is 1.87. The molecule has 1 aliphatic carbocycles. The van der Waals surface area contributed by atoms with Gasteiger partial charge in [0, 0.05) is 11.3 Å². The summed E-state index contributed by atoms with van der Waals surface area (Å²) in [5, 5.41) is 8.04. The van der Waals surface area contributed by atoms with Crippen LogP contribution in [0.5, 0.6) is 0 Å². The van der Waals surface area contributed by atoms with Crippen LogP contribution in [-0.2, 0) is 16.6 Å². The zero-order valence-corrected chi connectivity index (χ0v) is 11.2. The Bertz CT molecular complexity index is 491. The van der Waals surface area contributed by atoms with E-state index in [0.29, 0.717) is 17.1 Å². The van der Waals surface area contributed by atoms with E-state index in [-0.39, 0.29) is 5.09 Å². The predicted octanol–water partition coefficient (Wildman–Crippen LogP) is 0.912. The maximum atomic E-state index is 11.0. The Morgan fingerprint density at radius 3 is 2.71 bits per heavy atom. The molecule has 0 radical (unpaired) electrons. The van der Waals surface area contributed by atoms with Crippen molar-refractivity contribution in [1.29, 1.82) is 0 Å². The fourth-order valence-corrected chi connectivity index (χ4v) is 2.85. The van der Waals surface area contributed by atoms with Gasteiger partial charge in [-0.15, -0.1) is 0 Å². The van der Waals surface area contributed by atoms with E-state index in [0.717, 1.165) is 6.54 Å². The number of primary sulfonamides is 1. The van der Waals surface area contributed by atoms with Gasteiger partial charge in [-0.2, -0.15) is 11.8 Å². The molecule has 0 spiro atoms. The summed E-state index contributed by atoms with van der Waals surface area (Å²) in [6.07, 6.45) is 4.59. The quantitative estimate of drug-likeness (QED) is 0.806. The molecule has 0 saturated heterocycles. The standard InChI is InChI=1S/C10H16N2O3S2/c1-16-10(4-5-10)7-12-6-8-2-3-9(15-8)17(11,13)14/h2-3,12H,4-7H2,1H3,(H2,11,13,14). The number of rotatable bonds is 6. The highest BCUT2D eigenvalue weighted by molar-refractivity contribution is 8.00. The van der Waals surface area contributed by atoms with Gasteiger partial charge in [-0.1, -0.05) is 0 Å². The van der Waals surface area contributed by atoms with E-state index in [2.05, 4.69) is 11.6 Å². The summed E-state index contributed by atoms with van der Waals surface area (Å²) < 4.78 is 27.5. The van der Waals surface area contributed by atoms with Crippen LogP contribution in [0.2, 0.25) is 0 Å². The lowest BCUT2D eigenvalue weighted by molar-refractivity contribution is 0.402. The number of hydrogen-bond acceptors (Lipinski definition) is 5. The third-order valence-corrected chi connectivity index (χ3v) is 5.10. The maximum Gasteiger partial charge on any atom is 0.271 e. The molecule has 1 fully saturated rings. The number of nitrogens with two attached hydrogens (primary N) is 1. The minimum Gasteiger partial charge on any atom is -0.447 e. The van der Waals surface area contributed by atoms with Gasteiger partial charge in [0.25, 0.3) is 10.0 Å². The number of thioether (sulfide) groups is 1. The van der Waals surface area contributed by atoms with Gasteiger partial charge in [0.15, 0.2) is 0 Å². The lowest BCUT2D eigenvalue weighted by Crippen LogP contribution is -2.25. The summed E-state index contributed by atoms with van der Waals surface area (Å²) in [6, 6.07) is 3.01. The van der Waals surface area contributed by atoms with E-state index < -0.39 is 10.0 Å². The fraction of sp³-hybridized carbons (Fsp3) is 0.600. The number of furan rings is 1. The summed E-state index contributed by atoms with van der Waals surface area (Å²) in [6.45, 7) is 1.44. The highest BCUT2D eigenvalue weighted by atomic mass is 32.2. The van der Waals surface area contributed by atoms with E-state index >= 15 is 0 Å². The van der Waals surface area contributed by atoms with Gasteiger partial charge >= 0.3 is 0 Å². The monoisotopic (exact) mass is 276 g/mol. The Balaban J connectivity index is 1.86. The average molecular weight is 276 g/mol. The second kappa shape index (κ2) is 4.64. The zero-order chi connectivity index (χ0) is 12.5. The SMILES string of the molecule is CSC1(CNCc2ccc(S(N)(=O)=O)o2)CC1. The number of nitrogens with one attached hydrogen (secondary N) is 1. The van der Waals surface area contributed by atoms with Crippen molar-refractivity contribution in [3.63, 3.8) is 0 Å². The number of hydrogen-bond donors (Lipinski definition) is 2. The Morgan fingerprint density at radius 2 is 2.24 bits per heavy atom. The molecule has 0 aromatic carbocycles. The fourth-order valence-electron chi connectivity index (χ4n) is 1.61. The Hall–Kier alpha value is -0.500. The van der Waals surface area contributed by atoms with Crippen molar-refractivity contribution in [3.8, 4) is 0 Å². The van der Waals surface area contributed by atoms with Gasteiger partial charge in [0.2, 0.25) is 5.09 Å². The normalized spacial score (nSPS) is 18.2. The van der Waals surface area contributed by atoms with Crippen LogP contribution in [0.25, 0.3) is 0 Å². The van der Waals surface area contributed by atoms with E-state index in [1.807, 2.05) is 11.8 Å². The topological polar surface area (TPSA) is 85.3 Å². The molecular formula is C10H16N2O3S2. The highest BCUT2D eigenvalue weighted by Crippen LogP contribution is 2.46. The second-order valence-corrected chi connectivity index (χ2v) is 7.02. The Labute approximate surface area is 105 Å². The van der Waals surface area contributed by atoms with Crippen LogP contribution in [0.15, 0.2) is 21.6 Å². The molecule has 5 nitrogen and oxygen atoms in total. The van der Waals surface area contributed by atoms with E-state index in [9.17, 15) is 8.42 Å². The van der Waals surface area contributed by atoms with Gasteiger partial charge in [-0.05, 0) is 31.2 Å². The molecule has 96 valence electrons. The molecule has 7 heteroatoms. The predicted molar refractivity (Wildman–Crippen MR) is 67.3 cm³/mol. The van der Waals surface area contributed by atoms with E-state index in [4.69, 9.17) is 9.56 Å². The van der Waals surface area contributed by atoms with Crippen molar-refractivity contribution in [2.45, 2.75) is 29.2 Å². The summed E-state index contributed by atoms with van der Waals surface area (Å²) in [5.41, 5.74) is 0. The van der Waals surface area contributed by atoms with Crippen molar-refractivity contribution in [2.24, 2.45) is 5.14 Å². The van der Waals surface area contributed by atoms with Crippen molar-refractivity contribution in [3.05, 3.63) is 17.9 Å². The highest BCUT2D eigenvalue weighted by Gasteiger charge is 2.41. The first-order valence-corrected chi connectivity index (χ1v) is 8.10. The van der Waals surface area contributed by atoms with Gasteiger partial charge in [0.1, 0.15) is 5.76 Å². The first-order valence-electron chi connectivity index (χ1n) is 5.33. The molecule has 3 N–H and O–H groups in total. The molecule has 0 unspecified atom stereocenters. The third-order valence-electron chi connectivity index (χ3n) is 2.90. The van der Waals surface area contributed by atoms with E-state index in [1.54, 1.807) is 6.07 Å². The van der Waals surface area contributed by atoms with Gasteiger partial charge < -0.3 is 9.73 Å². The van der Waals surface area contributed by atoms with Crippen LogP contribution in [0, 0.1) is 0 Å². The first-order chi connectivity index (χ1) is 7.95. The Morgan fingerprint density at radius 1 is 1.53 bits per heavy atom. The van der Waals surface area contributed by atoms with E-state index in [1.165, 1.54) is 18.9 Å². The minimum absolute atomic E-state index is 0.180. The lowest BCUT2D eigenvalue weighted by atomic mass is 10.4. The van der Waals surface area contributed by atoms with Crippen LogP contribution < -0.4 is 10.5 Å². The second-order valence-electron chi connectivity index (χ2n) is 4.26. The molecule has 1 saturated carbocycles. The third kappa shape index (κ3) is 3.25. The smallest absolute Gasteiger partial charge is 0.271 e. The van der Waals surface area contributed by atoms with Gasteiger partial charge in [-0.3, -0.25) is 0 Å². The summed E-state index contributed by atoms with van der Waals surface area (Å²) in [5.74, 6) is 0.589. The molecule has 1 heterocycles. The molecule has 0 bridgehead atoms. The van der Waals surface area contributed by atoms with Crippen LogP contribution in [0.4, 0.5) is 0 Å². The van der Waals surface area contributed by atoms with Crippen LogP contribution in [-0.4, -0.2) is 26.0 Å². The van der Waals surface area contributed by atoms with Crippen molar-refractivity contribution in [1.82, 2.24) is 5.32 Å². The zero-order valence-electron chi connectivity index (χ0n) is 9.60. The largest absolute Gasteiger partial charge is 0.447 e. The van der Waals surface area contributed by atoms with Crippen molar-refractivity contribution >= 4 is 21.8 Å². The first kappa shape index (κ1) is 12.9. The van der Waals surface area contributed by atoms with Crippen molar-refractivity contribution < 1.29 is 12.8 Å². The summed E-state index contributed by atoms with van der Waals surface area (Å²) in [7, 11) is -3.73. The number of sulfonamides is 1. The summed E-state index contributed by atoms with van der Waals surface area (Å²) in [4.78, 5) is 0. The Kier molecular flexibility index (Phi) is 3.53. The molecule has 2 rings (SSSR count). The van der Waals surface area contributed by atoms with Gasteiger partial charge in [0.05, 0.1) is 6.54 Å². The van der Waals surface area contributed by atoms with Crippen LogP contribution >= 0.6 is 11.8 Å². The maximum absolute atomic E-state index is 11.0. The molecular weight excluding hydrogens is 260 g/mol. The molecule has 0 amide bonds. The van der Waals surface area contributed by atoms with Crippen molar-refractivity contribution in [2.75, 3.05) is 12.8 Å². The molecule has 1 aliphatic rings. The van der Waals surface area contributed by atoms with Crippen LogP contribution in [0.1, 0.15) is 18.6 Å². The molecule has 1 aromatic rings. The molecule has 17 heavy (non-hydrogen) atoms. The average Bonchev–Trinajstić information content (AvgIpc) is 2.86. The minimum atomic E-state index is -3.73. The van der Waals surface area contributed by atoms with Crippen LogP contribution in [0.3, 0.4) is 0 Å². The lowest BCUT2D eigenvalue weighted by Gasteiger charge is -2.11. The molecule has 1 aromatic heterocycles. The van der Waals surface area contributed by atoms with Gasteiger partial charge in [-0.25, -0.2) is 13.6 Å². The molecule has 0 atom stereocenters. The molecule has 0 aliphatic heterocycles.